The van der Waals surface area contributed by atoms with Crippen LogP contribution in [-0.2, 0) is 20.9 Å². The minimum Gasteiger partial charge on any atom is -0.467 e. The molecule has 3 amide bonds. The summed E-state index contributed by atoms with van der Waals surface area (Å²) in [6.07, 6.45) is 1.42. The van der Waals surface area contributed by atoms with Crippen molar-refractivity contribution in [1.82, 2.24) is 14.6 Å². The number of ether oxygens (including phenoxy) is 1. The summed E-state index contributed by atoms with van der Waals surface area (Å²) in [4.78, 5) is 48.8. The van der Waals surface area contributed by atoms with E-state index in [9.17, 15) is 19.2 Å². The lowest BCUT2D eigenvalue weighted by Gasteiger charge is -2.20. The van der Waals surface area contributed by atoms with E-state index in [1.54, 1.807) is 19.1 Å². The van der Waals surface area contributed by atoms with Crippen molar-refractivity contribution in [2.24, 2.45) is 5.73 Å². The van der Waals surface area contributed by atoms with E-state index in [4.69, 9.17) is 20.6 Å². The molecular weight excluding hydrogens is 390 g/mol. The van der Waals surface area contributed by atoms with Gasteiger partial charge in [0.15, 0.2) is 5.69 Å². The lowest BCUT2D eigenvalue weighted by atomic mass is 10.2. The molecule has 28 heavy (non-hydrogen) atoms. The molecule has 2 heterocycles. The maximum Gasteiger partial charge on any atom is 0.325 e. The second kappa shape index (κ2) is 9.50. The molecule has 0 atom stereocenters. The van der Waals surface area contributed by atoms with Gasteiger partial charge in [0, 0.05) is 0 Å². The topological polar surface area (TPSA) is 171 Å². The van der Waals surface area contributed by atoms with Gasteiger partial charge in [-0.2, -0.15) is 4.37 Å². The molecule has 0 aliphatic heterocycles. The van der Waals surface area contributed by atoms with Crippen LogP contribution in [0.2, 0.25) is 0 Å². The highest BCUT2D eigenvalue weighted by molar-refractivity contribution is 7.09. The van der Waals surface area contributed by atoms with Crippen molar-refractivity contribution in [3.8, 4) is 0 Å². The number of nitrogens with zero attached hydrogens (tertiary/aromatic N) is 2. The third-order valence-electron chi connectivity index (χ3n) is 3.44. The van der Waals surface area contributed by atoms with E-state index < -0.39 is 23.7 Å². The number of hydrogen-bond acceptors (Lipinski definition) is 9. The number of amides is 3. The minimum absolute atomic E-state index is 0.0291. The fraction of sp³-hybridized carbons (Fsp3) is 0.312. The van der Waals surface area contributed by atoms with Gasteiger partial charge in [-0.25, -0.2) is 0 Å². The monoisotopic (exact) mass is 409 g/mol. The standard InChI is InChI=1S/C16H19N5O6S/c1-2-26-11(23)6-19-10(22)8-21(7-9-4-3-5-27-9)16(25)14-12(17)13(15(18)24)20-28-14/h3-5H,2,6-8,17H2,1H3,(H2,18,24)(H,19,22). The Morgan fingerprint density at radius 3 is 2.68 bits per heavy atom. The summed E-state index contributed by atoms with van der Waals surface area (Å²) in [7, 11) is 0. The zero-order valence-corrected chi connectivity index (χ0v) is 15.8. The van der Waals surface area contributed by atoms with E-state index >= 15 is 0 Å². The summed E-state index contributed by atoms with van der Waals surface area (Å²) in [5.41, 5.74) is 10.6. The molecule has 0 unspecified atom stereocenters. The number of primary amides is 1. The number of carbonyl (C=O) groups excluding carboxylic acids is 4. The number of hydrogen-bond donors (Lipinski definition) is 3. The van der Waals surface area contributed by atoms with Crippen molar-refractivity contribution in [3.05, 3.63) is 34.7 Å². The summed E-state index contributed by atoms with van der Waals surface area (Å²) >= 11 is 0.702. The van der Waals surface area contributed by atoms with Crippen molar-refractivity contribution in [2.75, 3.05) is 25.4 Å². The number of rotatable bonds is 9. The van der Waals surface area contributed by atoms with E-state index in [0.29, 0.717) is 17.3 Å². The Morgan fingerprint density at radius 2 is 2.11 bits per heavy atom. The summed E-state index contributed by atoms with van der Waals surface area (Å²) in [5.74, 6) is -2.27. The van der Waals surface area contributed by atoms with Gasteiger partial charge < -0.3 is 30.8 Å². The molecule has 0 saturated carbocycles. The van der Waals surface area contributed by atoms with Crippen LogP contribution in [0.15, 0.2) is 22.8 Å². The Bertz CT molecular complexity index is 863. The van der Waals surface area contributed by atoms with E-state index in [1.807, 2.05) is 0 Å². The number of nitrogen functional groups attached to an aromatic ring is 1. The zero-order chi connectivity index (χ0) is 20.7. The molecule has 0 fully saturated rings. The largest absolute Gasteiger partial charge is 0.467 e. The van der Waals surface area contributed by atoms with Crippen molar-refractivity contribution < 1.29 is 28.3 Å². The molecule has 150 valence electrons. The molecule has 12 heteroatoms. The van der Waals surface area contributed by atoms with Crippen LogP contribution in [0.4, 0.5) is 5.69 Å². The molecular formula is C16H19N5O6S. The van der Waals surface area contributed by atoms with E-state index in [2.05, 4.69) is 9.69 Å². The molecule has 0 spiro atoms. The lowest BCUT2D eigenvalue weighted by molar-refractivity contribution is -0.143. The second-order valence-electron chi connectivity index (χ2n) is 5.46. The van der Waals surface area contributed by atoms with Crippen molar-refractivity contribution in [2.45, 2.75) is 13.5 Å². The number of nitrogens with two attached hydrogens (primary N) is 2. The van der Waals surface area contributed by atoms with Crippen LogP contribution in [-0.4, -0.2) is 52.7 Å². The van der Waals surface area contributed by atoms with Crippen LogP contribution in [0.3, 0.4) is 0 Å². The zero-order valence-electron chi connectivity index (χ0n) is 15.0. The van der Waals surface area contributed by atoms with Crippen LogP contribution in [0.5, 0.6) is 0 Å². The summed E-state index contributed by atoms with van der Waals surface area (Å²) in [5, 5.41) is 2.37. The first-order valence-corrected chi connectivity index (χ1v) is 8.89. The summed E-state index contributed by atoms with van der Waals surface area (Å²) in [6.45, 7) is 1.07. The van der Waals surface area contributed by atoms with Gasteiger partial charge in [0.2, 0.25) is 5.91 Å². The van der Waals surface area contributed by atoms with Gasteiger partial charge in [-0.3, -0.25) is 19.2 Å². The van der Waals surface area contributed by atoms with Gasteiger partial charge >= 0.3 is 5.97 Å². The van der Waals surface area contributed by atoms with E-state index in [-0.39, 0.29) is 42.5 Å². The van der Waals surface area contributed by atoms with Crippen LogP contribution in [0, 0.1) is 0 Å². The molecule has 0 radical (unpaired) electrons. The average molecular weight is 409 g/mol. The first kappa shape index (κ1) is 20.9. The Balaban J connectivity index is 2.15. The van der Waals surface area contributed by atoms with Gasteiger partial charge in [-0.05, 0) is 30.6 Å². The van der Waals surface area contributed by atoms with Crippen molar-refractivity contribution >= 4 is 40.9 Å². The Labute approximate surface area is 163 Å². The van der Waals surface area contributed by atoms with Crippen LogP contribution < -0.4 is 16.8 Å². The van der Waals surface area contributed by atoms with Gasteiger partial charge in [0.1, 0.15) is 23.7 Å². The number of anilines is 1. The Morgan fingerprint density at radius 1 is 1.36 bits per heavy atom. The highest BCUT2D eigenvalue weighted by atomic mass is 32.1. The molecule has 0 saturated heterocycles. The molecule has 2 aromatic heterocycles. The number of esters is 1. The van der Waals surface area contributed by atoms with Gasteiger partial charge in [-0.1, -0.05) is 0 Å². The first-order chi connectivity index (χ1) is 13.3. The summed E-state index contributed by atoms with van der Waals surface area (Å²) < 4.78 is 13.7. The SMILES string of the molecule is CCOC(=O)CNC(=O)CN(Cc1ccco1)C(=O)c1snc(C(N)=O)c1N. The van der Waals surface area contributed by atoms with Gasteiger partial charge in [0.05, 0.1) is 25.1 Å². The molecule has 0 aliphatic rings. The fourth-order valence-corrected chi connectivity index (χ4v) is 2.95. The fourth-order valence-electron chi connectivity index (χ4n) is 2.17. The predicted octanol–water partition coefficient (Wildman–Crippen LogP) is -0.261. The van der Waals surface area contributed by atoms with Crippen LogP contribution in [0.25, 0.3) is 0 Å². The normalized spacial score (nSPS) is 10.3. The molecule has 11 nitrogen and oxygen atoms in total. The third kappa shape index (κ3) is 5.30. The lowest BCUT2D eigenvalue weighted by Crippen LogP contribution is -2.42. The molecule has 0 bridgehead atoms. The number of carbonyl (C=O) groups is 4. The maximum atomic E-state index is 12.9. The predicted molar refractivity (Wildman–Crippen MR) is 98.1 cm³/mol. The molecule has 2 aromatic rings. The molecule has 5 N–H and O–H groups in total. The first-order valence-electron chi connectivity index (χ1n) is 8.12. The highest BCUT2D eigenvalue weighted by Crippen LogP contribution is 2.24. The number of aromatic nitrogens is 1. The van der Waals surface area contributed by atoms with E-state index in [1.165, 1.54) is 6.26 Å². The smallest absolute Gasteiger partial charge is 0.325 e. The second-order valence-corrected chi connectivity index (χ2v) is 6.23. The van der Waals surface area contributed by atoms with Crippen LogP contribution in [0.1, 0.15) is 32.8 Å². The van der Waals surface area contributed by atoms with Gasteiger partial charge in [0.25, 0.3) is 11.8 Å². The summed E-state index contributed by atoms with van der Waals surface area (Å²) in [6, 6.07) is 3.26. The number of nitrogens with one attached hydrogen (secondary N) is 1. The highest BCUT2D eigenvalue weighted by Gasteiger charge is 2.27. The maximum absolute atomic E-state index is 12.9. The third-order valence-corrected chi connectivity index (χ3v) is 4.29. The molecule has 0 aromatic carbocycles. The average Bonchev–Trinajstić information content (AvgIpc) is 3.28. The van der Waals surface area contributed by atoms with Crippen LogP contribution >= 0.6 is 11.5 Å². The Kier molecular flexibility index (Phi) is 7.09. The van der Waals surface area contributed by atoms with E-state index in [0.717, 1.165) is 4.90 Å². The van der Waals surface area contributed by atoms with Crippen molar-refractivity contribution in [1.29, 1.82) is 0 Å². The Hall–Kier alpha value is -3.41. The molecule has 2 rings (SSSR count). The van der Waals surface area contributed by atoms with Gasteiger partial charge in [-0.15, -0.1) is 0 Å². The molecule has 0 aliphatic carbocycles. The quantitative estimate of drug-likeness (QED) is 0.475. The number of furan rings is 1. The van der Waals surface area contributed by atoms with Crippen molar-refractivity contribution in [3.63, 3.8) is 0 Å². The minimum atomic E-state index is -0.863.